The van der Waals surface area contributed by atoms with Crippen LogP contribution in [-0.4, -0.2) is 27.9 Å². The zero-order valence-electron chi connectivity index (χ0n) is 10.7. The Bertz CT molecular complexity index is 467. The number of rotatable bonds is 4. The van der Waals surface area contributed by atoms with Crippen molar-refractivity contribution < 1.29 is 15.0 Å². The number of carbonyl (C=O) groups excluding carboxylic acids is 1. The molecule has 1 unspecified atom stereocenters. The van der Waals surface area contributed by atoms with Crippen LogP contribution < -0.4 is 5.32 Å². The second kappa shape index (κ2) is 5.64. The van der Waals surface area contributed by atoms with E-state index in [1.165, 1.54) is 6.08 Å². The van der Waals surface area contributed by atoms with Crippen LogP contribution in [-0.2, 0) is 4.79 Å². The van der Waals surface area contributed by atoms with Crippen LogP contribution in [0.5, 0.6) is 0 Å². The van der Waals surface area contributed by atoms with E-state index < -0.39 is 12.0 Å². The van der Waals surface area contributed by atoms with E-state index in [1.54, 1.807) is 26.8 Å². The first kappa shape index (κ1) is 14.2. The number of aliphatic hydroxyl groups excluding tert-OH is 2. The third-order valence-corrected chi connectivity index (χ3v) is 2.47. The van der Waals surface area contributed by atoms with Crippen molar-refractivity contribution in [2.75, 3.05) is 0 Å². The summed E-state index contributed by atoms with van der Waals surface area (Å²) in [6, 6.07) is 0. The van der Waals surface area contributed by atoms with Gasteiger partial charge in [-0.2, -0.15) is 0 Å². The number of carbonyl (C=O) groups is 1. The molecule has 1 aliphatic rings. The van der Waals surface area contributed by atoms with Crippen molar-refractivity contribution in [2.24, 2.45) is 0 Å². The van der Waals surface area contributed by atoms with Crippen molar-refractivity contribution in [3.63, 3.8) is 0 Å². The first-order valence-electron chi connectivity index (χ1n) is 5.70. The standard InChI is InChI=1S/C13H18N2O3/c1-7(2)11-12(17)10(13(18)15-11)9(14)6-4-5-8(3)16/h4,6,8,14,16-17H,5H2,1-3H3,(H,15,18)/b6-4-,14-9?. The fraction of sp³-hybridized carbons (Fsp3) is 0.385. The van der Waals surface area contributed by atoms with Gasteiger partial charge in [-0.3, -0.25) is 10.2 Å². The zero-order chi connectivity index (χ0) is 13.9. The molecule has 0 fully saturated rings. The minimum atomic E-state index is -0.498. The molecular weight excluding hydrogens is 232 g/mol. The van der Waals surface area contributed by atoms with Gasteiger partial charge in [0, 0.05) is 0 Å². The third kappa shape index (κ3) is 3.07. The number of nitrogens with one attached hydrogen (secondary N) is 2. The molecule has 4 N–H and O–H groups in total. The van der Waals surface area contributed by atoms with Crippen molar-refractivity contribution in [2.45, 2.75) is 33.3 Å². The number of allylic oxidation sites excluding steroid dienone is 2. The topological polar surface area (TPSA) is 93.4 Å². The Labute approximate surface area is 106 Å². The molecule has 1 aliphatic heterocycles. The molecule has 0 aromatic carbocycles. The van der Waals surface area contributed by atoms with Gasteiger partial charge < -0.3 is 15.5 Å². The number of hydrogen-bond donors (Lipinski definition) is 4. The second-order valence-corrected chi connectivity index (χ2v) is 4.45. The van der Waals surface area contributed by atoms with Crippen molar-refractivity contribution in [3.05, 3.63) is 34.8 Å². The van der Waals surface area contributed by atoms with Crippen LogP contribution >= 0.6 is 0 Å². The summed E-state index contributed by atoms with van der Waals surface area (Å²) < 4.78 is 0. The summed E-state index contributed by atoms with van der Waals surface area (Å²) in [5.74, 6) is -0.665. The molecule has 5 nitrogen and oxygen atoms in total. The lowest BCUT2D eigenvalue weighted by atomic mass is 10.1. The maximum atomic E-state index is 11.7. The molecule has 0 saturated carbocycles. The molecule has 0 aromatic rings. The summed E-state index contributed by atoms with van der Waals surface area (Å²) >= 11 is 0. The first-order chi connectivity index (χ1) is 8.34. The highest BCUT2D eigenvalue weighted by Crippen LogP contribution is 2.22. The lowest BCUT2D eigenvalue weighted by molar-refractivity contribution is -0.115. The molecule has 0 spiro atoms. The molecule has 0 bridgehead atoms. The van der Waals surface area contributed by atoms with E-state index in [1.807, 2.05) is 0 Å². The van der Waals surface area contributed by atoms with Crippen LogP contribution in [0.3, 0.4) is 0 Å². The number of aliphatic hydroxyl groups is 2. The maximum absolute atomic E-state index is 11.7. The molecule has 5 heteroatoms. The summed E-state index contributed by atoms with van der Waals surface area (Å²) in [5, 5.41) is 29.2. The van der Waals surface area contributed by atoms with E-state index in [0.29, 0.717) is 12.1 Å². The number of amides is 1. The van der Waals surface area contributed by atoms with E-state index in [0.717, 1.165) is 5.57 Å². The Kier molecular flexibility index (Phi) is 4.44. The molecule has 18 heavy (non-hydrogen) atoms. The van der Waals surface area contributed by atoms with Gasteiger partial charge in [-0.1, -0.05) is 6.08 Å². The van der Waals surface area contributed by atoms with Gasteiger partial charge in [-0.05, 0) is 38.8 Å². The van der Waals surface area contributed by atoms with Gasteiger partial charge in [-0.25, -0.2) is 0 Å². The fourth-order valence-electron chi connectivity index (χ4n) is 1.55. The van der Waals surface area contributed by atoms with Crippen molar-refractivity contribution in [1.29, 1.82) is 5.41 Å². The molecule has 0 radical (unpaired) electrons. The van der Waals surface area contributed by atoms with Gasteiger partial charge in [0.2, 0.25) is 0 Å². The van der Waals surface area contributed by atoms with Gasteiger partial charge in [0.05, 0.1) is 17.5 Å². The van der Waals surface area contributed by atoms with E-state index >= 15 is 0 Å². The van der Waals surface area contributed by atoms with Crippen molar-refractivity contribution >= 4 is 11.6 Å². The Hall–Kier alpha value is -1.88. The van der Waals surface area contributed by atoms with E-state index in [-0.39, 0.29) is 17.0 Å². The minimum Gasteiger partial charge on any atom is -0.505 e. The molecule has 0 aliphatic carbocycles. The molecule has 98 valence electrons. The van der Waals surface area contributed by atoms with Gasteiger partial charge in [0.15, 0.2) is 5.76 Å². The Morgan fingerprint density at radius 2 is 2.11 bits per heavy atom. The lowest BCUT2D eigenvalue weighted by Crippen LogP contribution is -2.19. The Balaban J connectivity index is 2.95. The molecule has 1 heterocycles. The SMILES string of the molecule is CC(C)=C1NC(=O)C(C(=N)/C=C\CC(C)O)=C1O. The summed E-state index contributed by atoms with van der Waals surface area (Å²) in [4.78, 5) is 11.7. The minimum absolute atomic E-state index is 0.0342. The van der Waals surface area contributed by atoms with Crippen molar-refractivity contribution in [1.82, 2.24) is 5.32 Å². The van der Waals surface area contributed by atoms with E-state index in [4.69, 9.17) is 10.5 Å². The molecule has 1 amide bonds. The summed E-state index contributed by atoms with van der Waals surface area (Å²) in [7, 11) is 0. The lowest BCUT2D eigenvalue weighted by Gasteiger charge is -2.00. The third-order valence-electron chi connectivity index (χ3n) is 2.47. The molecule has 0 saturated heterocycles. The average Bonchev–Trinajstić information content (AvgIpc) is 2.53. The van der Waals surface area contributed by atoms with Crippen LogP contribution in [0.2, 0.25) is 0 Å². The highest BCUT2D eigenvalue weighted by atomic mass is 16.3. The highest BCUT2D eigenvalue weighted by Gasteiger charge is 2.29. The summed E-state index contributed by atoms with van der Waals surface area (Å²) in [5.41, 5.74) is 1.04. The maximum Gasteiger partial charge on any atom is 0.261 e. The Morgan fingerprint density at radius 3 is 2.56 bits per heavy atom. The van der Waals surface area contributed by atoms with E-state index in [2.05, 4.69) is 5.32 Å². The molecular formula is C13H18N2O3. The van der Waals surface area contributed by atoms with Crippen LogP contribution in [0.1, 0.15) is 27.2 Å². The fourth-order valence-corrected chi connectivity index (χ4v) is 1.55. The van der Waals surface area contributed by atoms with Crippen molar-refractivity contribution in [3.8, 4) is 0 Å². The van der Waals surface area contributed by atoms with Gasteiger partial charge in [0.25, 0.3) is 5.91 Å². The first-order valence-corrected chi connectivity index (χ1v) is 5.70. The zero-order valence-corrected chi connectivity index (χ0v) is 10.7. The highest BCUT2D eigenvalue weighted by molar-refractivity contribution is 6.27. The Morgan fingerprint density at radius 1 is 1.50 bits per heavy atom. The summed E-state index contributed by atoms with van der Waals surface area (Å²) in [6.07, 6.45) is 2.91. The van der Waals surface area contributed by atoms with Crippen LogP contribution in [0, 0.1) is 5.41 Å². The predicted molar refractivity (Wildman–Crippen MR) is 69.3 cm³/mol. The predicted octanol–water partition coefficient (Wildman–Crippen LogP) is 1.57. The van der Waals surface area contributed by atoms with Crippen LogP contribution in [0.4, 0.5) is 0 Å². The molecule has 1 rings (SSSR count). The van der Waals surface area contributed by atoms with Crippen LogP contribution in [0.15, 0.2) is 34.8 Å². The van der Waals surface area contributed by atoms with Gasteiger partial charge in [-0.15, -0.1) is 0 Å². The van der Waals surface area contributed by atoms with Gasteiger partial charge >= 0.3 is 0 Å². The summed E-state index contributed by atoms with van der Waals surface area (Å²) in [6.45, 7) is 5.16. The largest absolute Gasteiger partial charge is 0.505 e. The quantitative estimate of drug-likeness (QED) is 0.570. The average molecular weight is 250 g/mol. The normalized spacial score (nSPS) is 17.3. The van der Waals surface area contributed by atoms with Gasteiger partial charge in [0.1, 0.15) is 5.57 Å². The smallest absolute Gasteiger partial charge is 0.261 e. The number of hydrogen-bond acceptors (Lipinski definition) is 4. The molecule has 0 aromatic heterocycles. The van der Waals surface area contributed by atoms with Crippen LogP contribution in [0.25, 0.3) is 0 Å². The second-order valence-electron chi connectivity index (χ2n) is 4.45. The van der Waals surface area contributed by atoms with E-state index in [9.17, 15) is 9.90 Å². The molecule has 1 atom stereocenters. The monoisotopic (exact) mass is 250 g/mol.